The molecule has 0 atom stereocenters. The lowest BCUT2D eigenvalue weighted by atomic mass is 10.1. The number of aryl methyl sites for hydroxylation is 1. The number of carbonyl (C=O) groups is 1. The van der Waals surface area contributed by atoms with Crippen molar-refractivity contribution >= 4 is 32.8 Å². The van der Waals surface area contributed by atoms with E-state index < -0.39 is 5.97 Å². The number of halogens is 1. The van der Waals surface area contributed by atoms with Crippen LogP contribution in [-0.2, 0) is 6.42 Å². The highest BCUT2D eigenvalue weighted by molar-refractivity contribution is 9.10. The molecule has 1 N–H and O–H groups in total. The highest BCUT2D eigenvalue weighted by Crippen LogP contribution is 2.21. The van der Waals surface area contributed by atoms with Gasteiger partial charge in [0, 0.05) is 16.3 Å². The molecule has 0 spiro atoms. The van der Waals surface area contributed by atoms with Crippen LogP contribution in [0.2, 0.25) is 0 Å². The van der Waals surface area contributed by atoms with E-state index in [1.165, 1.54) is 0 Å². The smallest absolute Gasteiger partial charge is 0.355 e. The summed E-state index contributed by atoms with van der Waals surface area (Å²) >= 11 is 3.32. The number of aromatic nitrogens is 2. The number of hydrogen-bond donors (Lipinski definition) is 1. The highest BCUT2D eigenvalue weighted by Gasteiger charge is 2.13. The first-order valence-corrected chi connectivity index (χ1v) is 6.10. The van der Waals surface area contributed by atoms with E-state index >= 15 is 0 Å². The lowest BCUT2D eigenvalue weighted by Gasteiger charge is -2.05. The number of carboxylic acids is 1. The first-order chi connectivity index (χ1) is 8.11. The molecule has 4 nitrogen and oxygen atoms in total. The minimum atomic E-state index is -1.02. The van der Waals surface area contributed by atoms with E-state index in [9.17, 15) is 4.79 Å². The largest absolute Gasteiger partial charge is 0.476 e. The van der Waals surface area contributed by atoms with Gasteiger partial charge in [0.1, 0.15) is 5.82 Å². The number of carboxylic acid groups (broad SMARTS) is 1. The Labute approximate surface area is 107 Å². The molecular formula is C12H11BrN2O2. The first kappa shape index (κ1) is 12.0. The second-order valence-corrected chi connectivity index (χ2v) is 4.62. The number of aromatic carboxylic acids is 1. The zero-order chi connectivity index (χ0) is 12.4. The minimum Gasteiger partial charge on any atom is -0.476 e. The van der Waals surface area contributed by atoms with Crippen LogP contribution in [0.5, 0.6) is 0 Å². The number of nitrogens with zero attached hydrogens (tertiary/aromatic N) is 2. The van der Waals surface area contributed by atoms with Crippen LogP contribution in [0.25, 0.3) is 10.9 Å². The van der Waals surface area contributed by atoms with Gasteiger partial charge in [-0.2, -0.15) is 0 Å². The molecule has 2 rings (SSSR count). The molecule has 0 aliphatic heterocycles. The summed E-state index contributed by atoms with van der Waals surface area (Å²) < 4.78 is 0.819. The minimum absolute atomic E-state index is 0.0692. The molecule has 0 unspecified atom stereocenters. The number of benzene rings is 1. The Balaban J connectivity index is 2.72. The molecule has 0 saturated carbocycles. The lowest BCUT2D eigenvalue weighted by Crippen LogP contribution is -2.06. The monoisotopic (exact) mass is 294 g/mol. The third-order valence-electron chi connectivity index (χ3n) is 2.38. The van der Waals surface area contributed by atoms with Gasteiger partial charge in [-0.05, 0) is 24.6 Å². The van der Waals surface area contributed by atoms with Crippen molar-refractivity contribution in [1.29, 1.82) is 0 Å². The zero-order valence-corrected chi connectivity index (χ0v) is 10.9. The summed E-state index contributed by atoms with van der Waals surface area (Å²) in [4.78, 5) is 19.6. The van der Waals surface area contributed by atoms with Gasteiger partial charge in [0.25, 0.3) is 0 Å². The Morgan fingerprint density at radius 2 is 2.18 bits per heavy atom. The molecule has 0 radical (unpaired) electrons. The van der Waals surface area contributed by atoms with Crippen LogP contribution in [-0.4, -0.2) is 21.0 Å². The van der Waals surface area contributed by atoms with Crippen molar-refractivity contribution in [3.8, 4) is 0 Å². The van der Waals surface area contributed by atoms with Crippen molar-refractivity contribution in [2.24, 2.45) is 0 Å². The van der Waals surface area contributed by atoms with Gasteiger partial charge in [-0.1, -0.05) is 22.9 Å². The summed E-state index contributed by atoms with van der Waals surface area (Å²) in [7, 11) is 0. The predicted octanol–water partition coefficient (Wildman–Crippen LogP) is 3.04. The fraction of sp³-hybridized carbons (Fsp3) is 0.250. The van der Waals surface area contributed by atoms with E-state index in [2.05, 4.69) is 25.9 Å². The van der Waals surface area contributed by atoms with Gasteiger partial charge in [-0.25, -0.2) is 14.8 Å². The molecule has 1 aromatic heterocycles. The van der Waals surface area contributed by atoms with Crippen molar-refractivity contribution in [1.82, 2.24) is 9.97 Å². The first-order valence-electron chi connectivity index (χ1n) is 5.31. The Morgan fingerprint density at radius 1 is 1.41 bits per heavy atom. The van der Waals surface area contributed by atoms with Crippen LogP contribution in [0.15, 0.2) is 22.7 Å². The van der Waals surface area contributed by atoms with Gasteiger partial charge in [-0.15, -0.1) is 0 Å². The topological polar surface area (TPSA) is 63.1 Å². The second kappa shape index (κ2) is 4.79. The zero-order valence-electron chi connectivity index (χ0n) is 9.27. The van der Waals surface area contributed by atoms with Gasteiger partial charge >= 0.3 is 5.97 Å². The summed E-state index contributed by atoms with van der Waals surface area (Å²) in [6, 6.07) is 5.37. The molecule has 2 aromatic rings. The summed E-state index contributed by atoms with van der Waals surface area (Å²) in [5.41, 5.74) is 0.740. The SMILES string of the molecule is CCCc1nc(C(=O)O)c2cc(Br)ccc2n1. The van der Waals surface area contributed by atoms with Crippen molar-refractivity contribution in [3.05, 3.63) is 34.2 Å². The van der Waals surface area contributed by atoms with Gasteiger partial charge < -0.3 is 5.11 Å². The third kappa shape index (κ3) is 2.44. The third-order valence-corrected chi connectivity index (χ3v) is 2.87. The molecule has 0 fully saturated rings. The van der Waals surface area contributed by atoms with Crippen LogP contribution >= 0.6 is 15.9 Å². The van der Waals surface area contributed by atoms with Gasteiger partial charge in [0.05, 0.1) is 5.52 Å². The molecule has 17 heavy (non-hydrogen) atoms. The average molecular weight is 295 g/mol. The summed E-state index contributed by atoms with van der Waals surface area (Å²) in [5, 5.41) is 9.72. The van der Waals surface area contributed by atoms with Crippen LogP contribution in [0.4, 0.5) is 0 Å². The van der Waals surface area contributed by atoms with Gasteiger partial charge in [0.2, 0.25) is 0 Å². The quantitative estimate of drug-likeness (QED) is 0.945. The lowest BCUT2D eigenvalue weighted by molar-refractivity contribution is 0.0692. The maximum atomic E-state index is 11.2. The standard InChI is InChI=1S/C12H11BrN2O2/c1-2-3-10-14-9-5-4-7(13)6-8(9)11(15-10)12(16)17/h4-6H,2-3H2,1H3,(H,16,17). The van der Waals surface area contributed by atoms with Crippen molar-refractivity contribution in [3.63, 3.8) is 0 Å². The predicted molar refractivity (Wildman–Crippen MR) is 68.2 cm³/mol. The van der Waals surface area contributed by atoms with Gasteiger partial charge in [0.15, 0.2) is 5.69 Å². The molecule has 1 aromatic carbocycles. The molecule has 0 saturated heterocycles. The van der Waals surface area contributed by atoms with E-state index in [1.807, 2.05) is 13.0 Å². The van der Waals surface area contributed by atoms with E-state index in [0.717, 1.165) is 10.9 Å². The number of hydrogen-bond acceptors (Lipinski definition) is 3. The normalized spacial score (nSPS) is 10.7. The number of rotatable bonds is 3. The molecule has 5 heteroatoms. The van der Waals surface area contributed by atoms with Crippen molar-refractivity contribution < 1.29 is 9.90 Å². The Morgan fingerprint density at radius 3 is 2.82 bits per heavy atom. The molecular weight excluding hydrogens is 284 g/mol. The Bertz CT molecular complexity index is 584. The van der Waals surface area contributed by atoms with Crippen LogP contribution in [0, 0.1) is 0 Å². The van der Waals surface area contributed by atoms with Gasteiger partial charge in [-0.3, -0.25) is 0 Å². The van der Waals surface area contributed by atoms with Crippen molar-refractivity contribution in [2.45, 2.75) is 19.8 Å². The maximum Gasteiger partial charge on any atom is 0.355 e. The Kier molecular flexibility index (Phi) is 3.38. The summed E-state index contributed by atoms with van der Waals surface area (Å²) in [6.07, 6.45) is 1.58. The van der Waals surface area contributed by atoms with Crippen LogP contribution < -0.4 is 0 Å². The fourth-order valence-corrected chi connectivity index (χ4v) is 2.01. The van der Waals surface area contributed by atoms with E-state index in [1.54, 1.807) is 12.1 Å². The summed E-state index contributed by atoms with van der Waals surface area (Å²) in [6.45, 7) is 2.01. The van der Waals surface area contributed by atoms with Crippen LogP contribution in [0.3, 0.4) is 0 Å². The van der Waals surface area contributed by atoms with E-state index in [4.69, 9.17) is 5.11 Å². The highest BCUT2D eigenvalue weighted by atomic mass is 79.9. The Hall–Kier alpha value is -1.49. The maximum absolute atomic E-state index is 11.2. The van der Waals surface area contributed by atoms with E-state index in [0.29, 0.717) is 23.1 Å². The molecule has 0 amide bonds. The molecule has 0 aliphatic carbocycles. The molecule has 0 bridgehead atoms. The second-order valence-electron chi connectivity index (χ2n) is 3.71. The molecule has 0 aliphatic rings. The molecule has 88 valence electrons. The van der Waals surface area contributed by atoms with E-state index in [-0.39, 0.29) is 5.69 Å². The number of fused-ring (bicyclic) bond motifs is 1. The molecule has 1 heterocycles. The summed E-state index contributed by atoms with van der Waals surface area (Å²) in [5.74, 6) is -0.437. The average Bonchev–Trinajstić information content (AvgIpc) is 2.28. The van der Waals surface area contributed by atoms with Crippen molar-refractivity contribution in [2.75, 3.05) is 0 Å². The fourth-order valence-electron chi connectivity index (χ4n) is 1.65. The van der Waals surface area contributed by atoms with Crippen LogP contribution in [0.1, 0.15) is 29.7 Å².